The molecule has 1 N–H and O–H groups in total. The van der Waals surface area contributed by atoms with Gasteiger partial charge in [0, 0.05) is 25.0 Å². The van der Waals surface area contributed by atoms with Crippen molar-refractivity contribution in [1.82, 2.24) is 20.2 Å². The zero-order valence-corrected chi connectivity index (χ0v) is 31.5. The third-order valence-electron chi connectivity index (χ3n) is 16.4. The number of rotatable bonds is 5. The van der Waals surface area contributed by atoms with Crippen LogP contribution >= 0.6 is 0 Å². The third kappa shape index (κ3) is 4.88. The lowest BCUT2D eigenvalue weighted by Gasteiger charge is -2.71. The van der Waals surface area contributed by atoms with Crippen LogP contribution in [0.15, 0.2) is 35.9 Å². The Morgan fingerprint density at radius 2 is 1.67 bits per heavy atom. The van der Waals surface area contributed by atoms with Gasteiger partial charge < -0.3 is 10.1 Å². The van der Waals surface area contributed by atoms with Crippen LogP contribution in [0.1, 0.15) is 111 Å². The molecule has 2 aromatic rings. The number of ether oxygens (including phenoxy) is 1. The fraction of sp³-hybridized carbons (Fsp3) is 0.744. The van der Waals surface area contributed by atoms with Crippen LogP contribution in [0, 0.1) is 51.2 Å². The molecule has 1 aromatic carbocycles. The molecule has 2 heterocycles. The van der Waals surface area contributed by atoms with Crippen molar-refractivity contribution in [3.05, 3.63) is 47.3 Å². The zero-order valence-electron chi connectivity index (χ0n) is 31.5. The number of benzene rings is 1. The number of nitrogens with zero attached hydrogens (tertiary/aromatic N) is 3. The van der Waals surface area contributed by atoms with Crippen molar-refractivity contribution in [3.63, 3.8) is 0 Å². The van der Waals surface area contributed by atoms with Crippen molar-refractivity contribution in [2.24, 2.45) is 51.2 Å². The second-order valence-electron chi connectivity index (χ2n) is 18.8. The van der Waals surface area contributed by atoms with E-state index in [1.807, 2.05) is 0 Å². The smallest absolute Gasteiger partial charge is 0.226 e. The van der Waals surface area contributed by atoms with E-state index in [1.165, 1.54) is 24.2 Å². The van der Waals surface area contributed by atoms with Gasteiger partial charge >= 0.3 is 0 Å². The highest BCUT2D eigenvalue weighted by Crippen LogP contribution is 2.75. The number of para-hydroxylation sites is 2. The van der Waals surface area contributed by atoms with Crippen molar-refractivity contribution >= 4 is 16.9 Å². The maximum atomic E-state index is 14.5. The van der Waals surface area contributed by atoms with E-state index in [-0.39, 0.29) is 27.1 Å². The Hall–Kier alpha value is -2.31. The quantitative estimate of drug-likeness (QED) is 0.258. The molecule has 1 aliphatic heterocycles. The number of amides is 1. The second kappa shape index (κ2) is 11.9. The second-order valence-corrected chi connectivity index (χ2v) is 18.8. The summed E-state index contributed by atoms with van der Waals surface area (Å²) in [5.74, 6) is 2.97. The minimum absolute atomic E-state index is 0.0273. The molecule has 49 heavy (non-hydrogen) atoms. The van der Waals surface area contributed by atoms with E-state index < -0.39 is 0 Å². The molecule has 0 spiro atoms. The van der Waals surface area contributed by atoms with Gasteiger partial charge in [-0.25, -0.2) is 9.97 Å². The summed E-state index contributed by atoms with van der Waals surface area (Å²) in [7, 11) is 0. The number of carbonyl (C=O) groups is 1. The number of allylic oxidation sites excluding steroid dienone is 2. The first-order chi connectivity index (χ1) is 23.3. The molecule has 6 heteroatoms. The van der Waals surface area contributed by atoms with Crippen LogP contribution in [-0.2, 0) is 21.4 Å². The van der Waals surface area contributed by atoms with Crippen LogP contribution in [0.4, 0.5) is 0 Å². The van der Waals surface area contributed by atoms with Gasteiger partial charge in [0.2, 0.25) is 5.91 Å². The van der Waals surface area contributed by atoms with Crippen LogP contribution in [0.25, 0.3) is 11.0 Å². The van der Waals surface area contributed by atoms with Gasteiger partial charge in [0.15, 0.2) is 0 Å². The number of hydrogen-bond donors (Lipinski definition) is 1. The van der Waals surface area contributed by atoms with E-state index in [0.29, 0.717) is 35.5 Å². The van der Waals surface area contributed by atoms with Gasteiger partial charge in [0.25, 0.3) is 0 Å². The van der Waals surface area contributed by atoms with E-state index >= 15 is 0 Å². The van der Waals surface area contributed by atoms with Crippen molar-refractivity contribution in [2.45, 2.75) is 112 Å². The predicted molar refractivity (Wildman–Crippen MR) is 197 cm³/mol. The summed E-state index contributed by atoms with van der Waals surface area (Å²) in [5, 5.41) is 3.53. The Kier molecular flexibility index (Phi) is 8.19. The molecule has 6 aliphatic rings. The maximum Gasteiger partial charge on any atom is 0.226 e. The molecule has 3 saturated carbocycles. The molecule has 1 aromatic heterocycles. The third-order valence-corrected chi connectivity index (χ3v) is 16.4. The Balaban J connectivity index is 1.11. The predicted octanol–water partition coefficient (Wildman–Crippen LogP) is 8.14. The van der Waals surface area contributed by atoms with Crippen molar-refractivity contribution in [3.8, 4) is 0 Å². The summed E-state index contributed by atoms with van der Waals surface area (Å²) in [6, 6.07) is 8.44. The summed E-state index contributed by atoms with van der Waals surface area (Å²) >= 11 is 0. The average molecular weight is 667 g/mol. The minimum Gasteiger partial charge on any atom is -0.379 e. The lowest BCUT2D eigenvalue weighted by Crippen LogP contribution is -2.66. The SMILES string of the molecule is C[C@H]1[C@H](C)CC[C@]2(C(=O)NCCCN3CCOCC3)CC[C@]3(C)C(=CC[C@@H]4[C@@]5(C)Cc6nc7ccccc7nc6C(C)(C)[C@@H]5CC[C@]43C)[C@H]12. The van der Waals surface area contributed by atoms with E-state index in [2.05, 4.69) is 89.0 Å². The van der Waals surface area contributed by atoms with Crippen LogP contribution in [-0.4, -0.2) is 60.2 Å². The largest absolute Gasteiger partial charge is 0.379 e. The van der Waals surface area contributed by atoms with Crippen molar-refractivity contribution in [1.29, 1.82) is 0 Å². The molecule has 0 bridgehead atoms. The van der Waals surface area contributed by atoms with Gasteiger partial charge in [-0.1, -0.05) is 72.2 Å². The fourth-order valence-electron chi connectivity index (χ4n) is 13.4. The summed E-state index contributed by atoms with van der Waals surface area (Å²) in [6.07, 6.45) is 12.7. The van der Waals surface area contributed by atoms with Crippen LogP contribution in [0.3, 0.4) is 0 Å². The first-order valence-corrected chi connectivity index (χ1v) is 19.9. The molecule has 6 nitrogen and oxygen atoms in total. The minimum atomic E-state index is -0.275. The molecule has 9 atom stereocenters. The number of aromatic nitrogens is 2. The Morgan fingerprint density at radius 1 is 0.939 bits per heavy atom. The van der Waals surface area contributed by atoms with Crippen molar-refractivity contribution in [2.75, 3.05) is 39.4 Å². The molecule has 5 aliphatic carbocycles. The van der Waals surface area contributed by atoms with Gasteiger partial charge in [0.1, 0.15) is 0 Å². The Bertz CT molecular complexity index is 1650. The summed E-state index contributed by atoms with van der Waals surface area (Å²) in [6.45, 7) is 23.3. The lowest BCUT2D eigenvalue weighted by atomic mass is 9.33. The number of fused-ring (bicyclic) bond motifs is 9. The van der Waals surface area contributed by atoms with E-state index in [4.69, 9.17) is 14.7 Å². The highest BCUT2D eigenvalue weighted by Gasteiger charge is 2.69. The number of nitrogens with one attached hydrogen (secondary N) is 1. The monoisotopic (exact) mass is 666 g/mol. The molecule has 1 amide bonds. The van der Waals surface area contributed by atoms with Gasteiger partial charge in [0.05, 0.1) is 41.1 Å². The van der Waals surface area contributed by atoms with Gasteiger partial charge in [-0.2, -0.15) is 0 Å². The molecular formula is C43H62N4O2. The van der Waals surface area contributed by atoms with Gasteiger partial charge in [-0.3, -0.25) is 9.69 Å². The van der Waals surface area contributed by atoms with E-state index in [0.717, 1.165) is 95.4 Å². The Labute approximate surface area is 295 Å². The highest BCUT2D eigenvalue weighted by molar-refractivity contribution is 5.84. The maximum absolute atomic E-state index is 14.5. The molecule has 266 valence electrons. The molecule has 1 saturated heterocycles. The average Bonchev–Trinajstić information content (AvgIpc) is 3.08. The standard InChI is InChI=1S/C43H62N4O2/c1-28-15-18-43(38(48)44-21-10-22-47-23-25-49-26-24-47)20-19-41(6)30(36(43)29(28)2)13-14-35-40(5)27-33-37(46-32-12-9-8-11-31(32)45-33)39(3,4)34(40)16-17-42(35,41)7/h8-9,11-13,28-29,34-36H,10,14-27H2,1-7H3,(H,44,48)/t28-,29+,34+,35-,36+,40+,41-,42-,43+/m1/s1. The fourth-order valence-corrected chi connectivity index (χ4v) is 13.4. The van der Waals surface area contributed by atoms with Crippen LogP contribution in [0.2, 0.25) is 0 Å². The molecular weight excluding hydrogens is 604 g/mol. The van der Waals surface area contributed by atoms with Gasteiger partial charge in [-0.05, 0) is 122 Å². The van der Waals surface area contributed by atoms with Crippen LogP contribution < -0.4 is 5.32 Å². The molecule has 0 radical (unpaired) electrons. The lowest BCUT2D eigenvalue weighted by molar-refractivity contribution is -0.170. The Morgan fingerprint density at radius 3 is 2.43 bits per heavy atom. The molecule has 4 fully saturated rings. The molecule has 0 unspecified atom stereocenters. The topological polar surface area (TPSA) is 67.4 Å². The number of carbonyl (C=O) groups excluding carboxylic acids is 1. The first-order valence-electron chi connectivity index (χ1n) is 19.9. The highest BCUT2D eigenvalue weighted by atomic mass is 16.5. The zero-order chi connectivity index (χ0) is 34.4. The van der Waals surface area contributed by atoms with E-state index in [9.17, 15) is 4.79 Å². The van der Waals surface area contributed by atoms with Crippen LogP contribution in [0.5, 0.6) is 0 Å². The summed E-state index contributed by atoms with van der Waals surface area (Å²) < 4.78 is 5.54. The summed E-state index contributed by atoms with van der Waals surface area (Å²) in [4.78, 5) is 27.7. The van der Waals surface area contributed by atoms with Crippen molar-refractivity contribution < 1.29 is 9.53 Å². The number of hydrogen-bond acceptors (Lipinski definition) is 5. The van der Waals surface area contributed by atoms with E-state index in [1.54, 1.807) is 5.57 Å². The number of morpholine rings is 1. The normalized spacial score (nSPS) is 41.4. The summed E-state index contributed by atoms with van der Waals surface area (Å²) in [5.41, 5.74) is 6.29. The van der Waals surface area contributed by atoms with Gasteiger partial charge in [-0.15, -0.1) is 0 Å². The first kappa shape index (κ1) is 33.8. The molecule has 8 rings (SSSR count).